The van der Waals surface area contributed by atoms with E-state index in [2.05, 4.69) is 0 Å². The summed E-state index contributed by atoms with van der Waals surface area (Å²) in [6.07, 6.45) is 0. The molecule has 0 saturated heterocycles. The van der Waals surface area contributed by atoms with Gasteiger partial charge in [0.25, 0.3) is 5.69 Å². The minimum absolute atomic E-state index is 0.0457. The van der Waals surface area contributed by atoms with E-state index in [0.717, 1.165) is 6.07 Å². The van der Waals surface area contributed by atoms with Crippen LogP contribution in [-0.4, -0.2) is 21.1 Å². The average Bonchev–Trinajstić information content (AvgIpc) is 2.10. The van der Waals surface area contributed by atoms with Crippen LogP contribution in [-0.2, 0) is 0 Å². The van der Waals surface area contributed by atoms with Gasteiger partial charge in [0.05, 0.1) is 4.92 Å². The lowest BCUT2D eigenvalue weighted by atomic mass is 10.0. The molecule has 0 fully saturated rings. The second kappa shape index (κ2) is 3.56. The number of nitrogens with zero attached hydrogens (tertiary/aromatic N) is 1. The molecule has 0 bridgehead atoms. The smallest absolute Gasteiger partial charge is 0.340 e. The van der Waals surface area contributed by atoms with Gasteiger partial charge in [0.1, 0.15) is 11.3 Å². The summed E-state index contributed by atoms with van der Waals surface area (Å²) in [7, 11) is 0. The molecular weight excluding hydrogens is 202 g/mol. The van der Waals surface area contributed by atoms with E-state index in [4.69, 9.17) is 5.11 Å². The first-order valence-electron chi connectivity index (χ1n) is 4.07. The maximum atomic E-state index is 10.8. The van der Waals surface area contributed by atoms with Crippen molar-refractivity contribution in [1.29, 1.82) is 0 Å². The number of hydrogen-bond donors (Lipinski definition) is 2. The Labute approximate surface area is 84.9 Å². The Kier molecular flexibility index (Phi) is 2.61. The number of hydrogen-bond acceptors (Lipinski definition) is 4. The lowest BCUT2D eigenvalue weighted by Gasteiger charge is -2.07. The zero-order valence-electron chi connectivity index (χ0n) is 8.14. The number of phenols is 1. The van der Waals surface area contributed by atoms with Crippen LogP contribution in [0.1, 0.15) is 21.5 Å². The largest absolute Gasteiger partial charge is 0.507 e. The molecule has 0 aliphatic rings. The van der Waals surface area contributed by atoms with Gasteiger partial charge >= 0.3 is 5.97 Å². The highest BCUT2D eigenvalue weighted by Crippen LogP contribution is 2.32. The topological polar surface area (TPSA) is 101 Å². The van der Waals surface area contributed by atoms with E-state index in [0.29, 0.717) is 0 Å². The van der Waals surface area contributed by atoms with Crippen LogP contribution in [0.3, 0.4) is 0 Å². The Bertz CT molecular complexity index is 452. The van der Waals surface area contributed by atoms with Crippen LogP contribution in [0.5, 0.6) is 5.75 Å². The van der Waals surface area contributed by atoms with Gasteiger partial charge in [-0.05, 0) is 19.4 Å². The molecule has 1 rings (SSSR count). The van der Waals surface area contributed by atoms with Gasteiger partial charge in [-0.2, -0.15) is 0 Å². The fourth-order valence-electron chi connectivity index (χ4n) is 1.34. The molecule has 2 N–H and O–H groups in total. The molecule has 1 aromatic rings. The summed E-state index contributed by atoms with van der Waals surface area (Å²) in [6, 6.07) is 1.15. The molecule has 0 unspecified atom stereocenters. The van der Waals surface area contributed by atoms with Gasteiger partial charge < -0.3 is 10.2 Å². The van der Waals surface area contributed by atoms with E-state index >= 15 is 0 Å². The molecule has 0 atom stereocenters. The van der Waals surface area contributed by atoms with Crippen molar-refractivity contribution in [2.24, 2.45) is 0 Å². The van der Waals surface area contributed by atoms with E-state index in [-0.39, 0.29) is 16.8 Å². The minimum Gasteiger partial charge on any atom is -0.507 e. The third-order valence-corrected chi connectivity index (χ3v) is 2.13. The SMILES string of the molecule is Cc1cc([N+](=O)[O-])c(C)c(C(=O)O)c1O. The summed E-state index contributed by atoms with van der Waals surface area (Å²) in [5, 5.41) is 28.8. The number of aromatic carboxylic acids is 1. The Morgan fingerprint density at radius 2 is 2.00 bits per heavy atom. The zero-order chi connectivity index (χ0) is 11.7. The third-order valence-electron chi connectivity index (χ3n) is 2.13. The highest BCUT2D eigenvalue weighted by atomic mass is 16.6. The maximum Gasteiger partial charge on any atom is 0.340 e. The molecule has 0 saturated carbocycles. The van der Waals surface area contributed by atoms with Crippen molar-refractivity contribution in [2.45, 2.75) is 13.8 Å². The highest BCUT2D eigenvalue weighted by molar-refractivity contribution is 5.94. The van der Waals surface area contributed by atoms with Crippen LogP contribution in [0.15, 0.2) is 6.07 Å². The highest BCUT2D eigenvalue weighted by Gasteiger charge is 2.23. The molecule has 1 aromatic carbocycles. The number of carbonyl (C=O) groups is 1. The summed E-state index contributed by atoms with van der Waals surface area (Å²) in [4.78, 5) is 20.7. The van der Waals surface area contributed by atoms with Crippen LogP contribution in [0.25, 0.3) is 0 Å². The first-order chi connectivity index (χ1) is 6.86. The van der Waals surface area contributed by atoms with Crippen LogP contribution >= 0.6 is 0 Å². The van der Waals surface area contributed by atoms with Crippen LogP contribution in [0.4, 0.5) is 5.69 Å². The van der Waals surface area contributed by atoms with Gasteiger partial charge in [0, 0.05) is 11.6 Å². The summed E-state index contributed by atoms with van der Waals surface area (Å²) in [6.45, 7) is 2.70. The van der Waals surface area contributed by atoms with Gasteiger partial charge in [-0.15, -0.1) is 0 Å². The molecule has 0 aliphatic heterocycles. The Morgan fingerprint density at radius 1 is 1.47 bits per heavy atom. The maximum absolute atomic E-state index is 10.8. The van der Waals surface area contributed by atoms with Gasteiger partial charge in [0.2, 0.25) is 0 Å². The third kappa shape index (κ3) is 1.74. The molecule has 0 heterocycles. The Balaban J connectivity index is 3.63. The quantitative estimate of drug-likeness (QED) is 0.571. The number of aryl methyl sites for hydroxylation is 1. The lowest BCUT2D eigenvalue weighted by molar-refractivity contribution is -0.385. The molecule has 80 valence electrons. The van der Waals surface area contributed by atoms with E-state index in [9.17, 15) is 20.0 Å². The van der Waals surface area contributed by atoms with Crippen molar-refractivity contribution in [3.05, 3.63) is 32.9 Å². The normalized spacial score (nSPS) is 10.0. The number of nitro groups is 1. The monoisotopic (exact) mass is 211 g/mol. The molecule has 0 aliphatic carbocycles. The summed E-state index contributed by atoms with van der Waals surface area (Å²) < 4.78 is 0. The van der Waals surface area contributed by atoms with E-state index in [1.807, 2.05) is 0 Å². The van der Waals surface area contributed by atoms with Crippen LogP contribution in [0, 0.1) is 24.0 Å². The van der Waals surface area contributed by atoms with Crippen molar-refractivity contribution >= 4 is 11.7 Å². The Morgan fingerprint density at radius 3 is 2.40 bits per heavy atom. The molecule has 15 heavy (non-hydrogen) atoms. The predicted molar refractivity (Wildman–Crippen MR) is 51.2 cm³/mol. The molecule has 0 spiro atoms. The minimum atomic E-state index is -1.38. The summed E-state index contributed by atoms with van der Waals surface area (Å²) in [5.74, 6) is -1.80. The van der Waals surface area contributed by atoms with E-state index in [1.54, 1.807) is 0 Å². The van der Waals surface area contributed by atoms with Crippen molar-refractivity contribution in [2.75, 3.05) is 0 Å². The molecule has 6 nitrogen and oxygen atoms in total. The van der Waals surface area contributed by atoms with Crippen molar-refractivity contribution in [1.82, 2.24) is 0 Å². The van der Waals surface area contributed by atoms with Crippen molar-refractivity contribution in [3.8, 4) is 5.75 Å². The first kappa shape index (κ1) is 11.0. The number of carboxylic acids is 1. The number of nitro benzene ring substituents is 1. The summed E-state index contributed by atoms with van der Waals surface area (Å²) >= 11 is 0. The number of benzene rings is 1. The molecular formula is C9H9NO5. The predicted octanol–water partition coefficient (Wildman–Crippen LogP) is 1.62. The lowest BCUT2D eigenvalue weighted by Crippen LogP contribution is -2.04. The second-order valence-electron chi connectivity index (χ2n) is 3.12. The van der Waals surface area contributed by atoms with Crippen LogP contribution in [0.2, 0.25) is 0 Å². The fourth-order valence-corrected chi connectivity index (χ4v) is 1.34. The number of rotatable bonds is 2. The fraction of sp³-hybridized carbons (Fsp3) is 0.222. The average molecular weight is 211 g/mol. The molecule has 0 amide bonds. The van der Waals surface area contributed by atoms with Crippen molar-refractivity contribution in [3.63, 3.8) is 0 Å². The van der Waals surface area contributed by atoms with Gasteiger partial charge in [-0.1, -0.05) is 0 Å². The van der Waals surface area contributed by atoms with Crippen molar-refractivity contribution < 1.29 is 19.9 Å². The van der Waals surface area contributed by atoms with Gasteiger partial charge in [0.15, 0.2) is 0 Å². The Hall–Kier alpha value is -2.11. The molecule has 0 aromatic heterocycles. The zero-order valence-corrected chi connectivity index (χ0v) is 8.14. The molecule has 0 radical (unpaired) electrons. The number of aromatic hydroxyl groups is 1. The first-order valence-corrected chi connectivity index (χ1v) is 4.07. The van der Waals surface area contributed by atoms with E-state index < -0.39 is 22.2 Å². The standard InChI is InChI=1S/C9H9NO5/c1-4-3-6(10(14)15)5(2)7(8(4)11)9(12)13/h3,11H,1-2H3,(H,12,13). The summed E-state index contributed by atoms with van der Waals surface area (Å²) in [5.41, 5.74) is -0.593. The van der Waals surface area contributed by atoms with E-state index in [1.165, 1.54) is 13.8 Å². The molecule has 6 heteroatoms. The van der Waals surface area contributed by atoms with Gasteiger partial charge in [-0.25, -0.2) is 4.79 Å². The second-order valence-corrected chi connectivity index (χ2v) is 3.12. The van der Waals surface area contributed by atoms with Crippen LogP contribution < -0.4 is 0 Å². The number of carboxylic acid groups (broad SMARTS) is 1. The van der Waals surface area contributed by atoms with Gasteiger partial charge in [-0.3, -0.25) is 10.1 Å².